The fourth-order valence-corrected chi connectivity index (χ4v) is 1.88. The second kappa shape index (κ2) is 7.88. The van der Waals surface area contributed by atoms with Gasteiger partial charge in [-0.2, -0.15) is 0 Å². The van der Waals surface area contributed by atoms with E-state index in [2.05, 4.69) is 19.2 Å². The zero-order chi connectivity index (χ0) is 13.4. The van der Waals surface area contributed by atoms with Crippen LogP contribution in [-0.2, 0) is 11.2 Å². The molecule has 2 N–H and O–H groups in total. The van der Waals surface area contributed by atoms with Gasteiger partial charge in [0.05, 0.1) is 0 Å². The quantitative estimate of drug-likeness (QED) is 0.696. The number of hydrogen-bond donors (Lipinski definition) is 2. The Morgan fingerprint density at radius 1 is 1.28 bits per heavy atom. The second-order valence-corrected chi connectivity index (χ2v) is 5.07. The summed E-state index contributed by atoms with van der Waals surface area (Å²) in [7, 11) is 0. The molecule has 100 valence electrons. The first-order chi connectivity index (χ1) is 8.59. The van der Waals surface area contributed by atoms with Crippen LogP contribution in [0.4, 0.5) is 0 Å². The van der Waals surface area contributed by atoms with Crippen LogP contribution in [0.5, 0.6) is 0 Å². The van der Waals surface area contributed by atoms with E-state index in [0.29, 0.717) is 12.3 Å². The van der Waals surface area contributed by atoms with Gasteiger partial charge in [-0.1, -0.05) is 44.2 Å². The third-order valence-electron chi connectivity index (χ3n) is 2.93. The Morgan fingerprint density at radius 3 is 2.50 bits per heavy atom. The summed E-state index contributed by atoms with van der Waals surface area (Å²) in [6.45, 7) is 5.12. The highest BCUT2D eigenvalue weighted by Crippen LogP contribution is 2.05. The highest BCUT2D eigenvalue weighted by molar-refractivity contribution is 5.73. The molecule has 0 heterocycles. The lowest BCUT2D eigenvalue weighted by molar-refractivity contribution is -0.139. The average Bonchev–Trinajstić information content (AvgIpc) is 2.33. The normalized spacial score (nSPS) is 12.6. The predicted molar refractivity (Wildman–Crippen MR) is 73.6 cm³/mol. The lowest BCUT2D eigenvalue weighted by atomic mass is 10.1. The van der Waals surface area contributed by atoms with Gasteiger partial charge >= 0.3 is 5.97 Å². The van der Waals surface area contributed by atoms with E-state index in [-0.39, 0.29) is 0 Å². The molecule has 1 aromatic carbocycles. The molecular weight excluding hydrogens is 226 g/mol. The molecule has 0 aliphatic carbocycles. The lowest BCUT2D eigenvalue weighted by Crippen LogP contribution is -2.39. The van der Waals surface area contributed by atoms with Gasteiger partial charge in [0.25, 0.3) is 0 Å². The van der Waals surface area contributed by atoms with Crippen LogP contribution >= 0.6 is 0 Å². The van der Waals surface area contributed by atoms with Crippen molar-refractivity contribution >= 4 is 5.97 Å². The summed E-state index contributed by atoms with van der Waals surface area (Å²) in [5.41, 5.74) is 1.06. The van der Waals surface area contributed by atoms with E-state index in [0.717, 1.165) is 24.9 Å². The molecule has 0 saturated heterocycles. The number of carboxylic acids is 1. The largest absolute Gasteiger partial charge is 0.480 e. The summed E-state index contributed by atoms with van der Waals surface area (Å²) in [4.78, 5) is 11.2. The maximum atomic E-state index is 11.2. The lowest BCUT2D eigenvalue weighted by Gasteiger charge is -2.15. The Labute approximate surface area is 109 Å². The monoisotopic (exact) mass is 249 g/mol. The maximum Gasteiger partial charge on any atom is 0.321 e. The highest BCUT2D eigenvalue weighted by Gasteiger charge is 2.16. The van der Waals surface area contributed by atoms with Gasteiger partial charge in [0.15, 0.2) is 0 Å². The van der Waals surface area contributed by atoms with Gasteiger partial charge in [-0.05, 0) is 37.3 Å². The molecule has 0 aliphatic rings. The van der Waals surface area contributed by atoms with E-state index in [1.165, 1.54) is 0 Å². The average molecular weight is 249 g/mol. The van der Waals surface area contributed by atoms with Crippen molar-refractivity contribution in [2.24, 2.45) is 5.92 Å². The highest BCUT2D eigenvalue weighted by atomic mass is 16.4. The zero-order valence-electron chi connectivity index (χ0n) is 11.2. The fraction of sp³-hybridized carbons (Fsp3) is 0.533. The van der Waals surface area contributed by atoms with Crippen LogP contribution in [0, 0.1) is 5.92 Å². The zero-order valence-corrected chi connectivity index (χ0v) is 11.2. The number of rotatable bonds is 8. The van der Waals surface area contributed by atoms with Gasteiger partial charge in [0, 0.05) is 0 Å². The number of carboxylic acid groups (broad SMARTS) is 1. The number of benzene rings is 1. The minimum atomic E-state index is -0.775. The van der Waals surface area contributed by atoms with E-state index in [1.54, 1.807) is 0 Å². The predicted octanol–water partition coefficient (Wildman–Crippen LogP) is 2.71. The summed E-state index contributed by atoms with van der Waals surface area (Å²) in [6.07, 6.45) is 2.69. The van der Waals surface area contributed by atoms with Crippen molar-refractivity contribution in [3.63, 3.8) is 0 Å². The summed E-state index contributed by atoms with van der Waals surface area (Å²) < 4.78 is 0. The Balaban J connectivity index is 2.39. The molecule has 18 heavy (non-hydrogen) atoms. The van der Waals surface area contributed by atoms with E-state index < -0.39 is 12.0 Å². The van der Waals surface area contributed by atoms with E-state index in [1.807, 2.05) is 30.3 Å². The van der Waals surface area contributed by atoms with Crippen molar-refractivity contribution in [1.82, 2.24) is 5.32 Å². The Morgan fingerprint density at radius 2 is 1.94 bits per heavy atom. The maximum absolute atomic E-state index is 11.2. The van der Waals surface area contributed by atoms with Crippen LogP contribution in [0.3, 0.4) is 0 Å². The molecular formula is C15H23NO2. The molecule has 0 fully saturated rings. The van der Waals surface area contributed by atoms with E-state index in [9.17, 15) is 9.90 Å². The molecule has 1 atom stereocenters. The molecule has 0 bridgehead atoms. The first-order valence-electron chi connectivity index (χ1n) is 6.59. The van der Waals surface area contributed by atoms with Crippen molar-refractivity contribution in [1.29, 1.82) is 0 Å². The molecule has 0 amide bonds. The van der Waals surface area contributed by atoms with Crippen LogP contribution in [0.25, 0.3) is 0 Å². The molecule has 1 aromatic rings. The topological polar surface area (TPSA) is 49.3 Å². The van der Waals surface area contributed by atoms with Crippen LogP contribution in [0.1, 0.15) is 32.3 Å². The smallest absolute Gasteiger partial charge is 0.321 e. The van der Waals surface area contributed by atoms with Gasteiger partial charge in [-0.15, -0.1) is 0 Å². The van der Waals surface area contributed by atoms with Crippen LogP contribution < -0.4 is 5.32 Å². The number of hydrogen-bond acceptors (Lipinski definition) is 2. The van der Waals surface area contributed by atoms with E-state index >= 15 is 0 Å². The Kier molecular flexibility index (Phi) is 6.44. The number of nitrogens with one attached hydrogen (secondary N) is 1. The second-order valence-electron chi connectivity index (χ2n) is 5.07. The van der Waals surface area contributed by atoms with Crippen molar-refractivity contribution in [2.75, 3.05) is 6.54 Å². The molecule has 0 unspecified atom stereocenters. The molecule has 0 aliphatic heterocycles. The SMILES string of the molecule is CC(C)CCCN[C@@H](Cc1ccccc1)C(=O)O. The first-order valence-corrected chi connectivity index (χ1v) is 6.59. The number of aliphatic carboxylic acids is 1. The molecule has 0 radical (unpaired) electrons. The van der Waals surface area contributed by atoms with Crippen LogP contribution in [0.2, 0.25) is 0 Å². The Hall–Kier alpha value is -1.35. The Bertz CT molecular complexity index is 349. The van der Waals surface area contributed by atoms with Gasteiger partial charge in [0.1, 0.15) is 6.04 Å². The van der Waals surface area contributed by atoms with Crippen LogP contribution in [-0.4, -0.2) is 23.7 Å². The number of carbonyl (C=O) groups is 1. The van der Waals surface area contributed by atoms with Crippen LogP contribution in [0.15, 0.2) is 30.3 Å². The van der Waals surface area contributed by atoms with Crippen molar-refractivity contribution < 1.29 is 9.90 Å². The summed E-state index contributed by atoms with van der Waals surface area (Å²) in [6, 6.07) is 9.26. The molecule has 3 heteroatoms. The standard InChI is InChI=1S/C15H23NO2/c1-12(2)7-6-10-16-14(15(17)18)11-13-8-4-3-5-9-13/h3-5,8-9,12,14,16H,6-7,10-11H2,1-2H3,(H,17,18)/t14-/m0/s1. The van der Waals surface area contributed by atoms with Gasteiger partial charge in [-0.25, -0.2) is 0 Å². The third kappa shape index (κ3) is 5.82. The molecule has 0 saturated carbocycles. The van der Waals surface area contributed by atoms with Crippen molar-refractivity contribution in [3.8, 4) is 0 Å². The van der Waals surface area contributed by atoms with Gasteiger partial charge in [0.2, 0.25) is 0 Å². The fourth-order valence-electron chi connectivity index (χ4n) is 1.88. The molecule has 0 spiro atoms. The summed E-state index contributed by atoms with van der Waals surface area (Å²) >= 11 is 0. The van der Waals surface area contributed by atoms with Crippen molar-refractivity contribution in [3.05, 3.63) is 35.9 Å². The molecule has 1 rings (SSSR count). The third-order valence-corrected chi connectivity index (χ3v) is 2.93. The van der Waals surface area contributed by atoms with Crippen molar-refractivity contribution in [2.45, 2.75) is 39.2 Å². The first kappa shape index (κ1) is 14.7. The van der Waals surface area contributed by atoms with Gasteiger partial charge < -0.3 is 10.4 Å². The van der Waals surface area contributed by atoms with E-state index in [4.69, 9.17) is 0 Å². The molecule has 0 aromatic heterocycles. The summed E-state index contributed by atoms with van der Waals surface area (Å²) in [5, 5.41) is 12.3. The van der Waals surface area contributed by atoms with Gasteiger partial charge in [-0.3, -0.25) is 4.79 Å². The molecule has 3 nitrogen and oxygen atoms in total. The summed E-state index contributed by atoms with van der Waals surface area (Å²) in [5.74, 6) is -0.104. The minimum absolute atomic E-state index is 0.487. The minimum Gasteiger partial charge on any atom is -0.480 e.